The molecule has 8 aromatic carbocycles. The number of hydrogen-bond acceptors (Lipinski definition) is 4. The van der Waals surface area contributed by atoms with E-state index in [1.54, 1.807) is 0 Å². The fourth-order valence-electron chi connectivity index (χ4n) is 6.64. The van der Waals surface area contributed by atoms with Crippen LogP contribution in [0.25, 0.3) is 99.5 Å². The van der Waals surface area contributed by atoms with Crippen LogP contribution in [0.5, 0.6) is 0 Å². The van der Waals surface area contributed by atoms with E-state index < -0.39 is 0 Å². The van der Waals surface area contributed by atoms with Gasteiger partial charge in [0.05, 0.1) is 6.85 Å². The number of nitrogens with zero attached hydrogens (tertiary/aromatic N) is 3. The fourth-order valence-corrected chi connectivity index (χ4v) is 6.64. The lowest BCUT2D eigenvalue weighted by atomic mass is 9.95. The Morgan fingerprint density at radius 1 is 0.408 bits per heavy atom. The Morgan fingerprint density at radius 2 is 1.10 bits per heavy atom. The van der Waals surface area contributed by atoms with Crippen LogP contribution in [0, 0.1) is 0 Å². The first-order valence-corrected chi connectivity index (χ1v) is 16.0. The molecule has 4 nitrogen and oxygen atoms in total. The van der Waals surface area contributed by atoms with Crippen molar-refractivity contribution in [2.75, 3.05) is 0 Å². The second-order valence-electron chi connectivity index (χ2n) is 12.0. The number of aromatic nitrogens is 3. The van der Waals surface area contributed by atoms with Gasteiger partial charge in [-0.3, -0.25) is 0 Å². The first kappa shape index (κ1) is 22.8. The summed E-state index contributed by atoms with van der Waals surface area (Å²) in [6.45, 7) is 0. The van der Waals surface area contributed by atoms with Crippen LogP contribution in [0.3, 0.4) is 0 Å². The van der Waals surface area contributed by atoms with Gasteiger partial charge in [-0.25, -0.2) is 15.0 Å². The van der Waals surface area contributed by atoms with Crippen LogP contribution in [0.1, 0.15) is 6.85 Å². The molecular weight excluding hydrogens is 599 g/mol. The summed E-state index contributed by atoms with van der Waals surface area (Å²) in [6.07, 6.45) is 0. The van der Waals surface area contributed by atoms with Gasteiger partial charge < -0.3 is 4.42 Å². The largest absolute Gasteiger partial charge is 0.456 e. The molecule has 0 aliphatic carbocycles. The van der Waals surface area contributed by atoms with E-state index in [0.29, 0.717) is 22.8 Å². The van der Waals surface area contributed by atoms with Gasteiger partial charge in [-0.2, -0.15) is 0 Å². The average Bonchev–Trinajstić information content (AvgIpc) is 3.60. The molecule has 49 heavy (non-hydrogen) atoms. The molecule has 0 bridgehead atoms. The number of fused-ring (bicyclic) bond motifs is 7. The molecule has 0 saturated carbocycles. The molecule has 0 fully saturated rings. The Labute approximate surface area is 289 Å². The highest BCUT2D eigenvalue weighted by Gasteiger charge is 2.18. The molecule has 0 saturated heterocycles. The summed E-state index contributed by atoms with van der Waals surface area (Å²) in [6, 6.07) is 41.7. The topological polar surface area (TPSA) is 51.8 Å². The van der Waals surface area contributed by atoms with E-state index in [0.717, 1.165) is 49.0 Å². The number of benzene rings is 8. The summed E-state index contributed by atoms with van der Waals surface area (Å²) in [5, 5.41) is 6.00. The average molecular weight is 631 g/mol. The molecule has 2 heterocycles. The quantitative estimate of drug-likeness (QED) is 0.182. The number of hydrogen-bond donors (Lipinski definition) is 0. The Balaban J connectivity index is 1.23. The Hall–Kier alpha value is -6.65. The van der Waals surface area contributed by atoms with Crippen molar-refractivity contribution in [1.29, 1.82) is 0 Å². The second-order valence-corrected chi connectivity index (χ2v) is 12.0. The highest BCUT2D eigenvalue weighted by atomic mass is 16.3. The van der Waals surface area contributed by atoms with Crippen molar-refractivity contribution < 1.29 is 11.3 Å². The molecule has 4 heteroatoms. The third-order valence-electron chi connectivity index (χ3n) is 9.02. The van der Waals surface area contributed by atoms with Crippen molar-refractivity contribution >= 4 is 54.3 Å². The van der Waals surface area contributed by atoms with Gasteiger partial charge in [-0.1, -0.05) is 133 Å². The summed E-state index contributed by atoms with van der Waals surface area (Å²) < 4.78 is 52.5. The normalized spacial score (nSPS) is 13.1. The zero-order chi connectivity index (χ0) is 36.7. The standard InChI is InChI=1S/C45H27N3O/c1-2-10-31(11-3-1)43-46-44(48-45(47-43)38-14-8-16-41-42(38)37-13-6-7-15-40(37)49-41)34-24-18-28-17-22-32(25-35(28)26-34)33-23-21-30-20-19-29-9-4-5-12-36(29)39(30)27-33/h1-27H/i17D,18D,22D,25D,26D. The Kier molecular flexibility index (Phi) is 5.10. The summed E-state index contributed by atoms with van der Waals surface area (Å²) in [4.78, 5) is 14.7. The SMILES string of the molecule is [2H]c1c(-c2ccc3ccc4ccccc4c3c2)c([2H])c2c([2H])c(-c3nc(-c4ccccc4)nc(-c4cccc5oc6ccccc6c45)n3)cc([2H])c2c1[2H]. The van der Waals surface area contributed by atoms with E-state index >= 15 is 0 Å². The van der Waals surface area contributed by atoms with Gasteiger partial charge >= 0.3 is 0 Å². The van der Waals surface area contributed by atoms with Crippen molar-refractivity contribution in [2.24, 2.45) is 0 Å². The lowest BCUT2D eigenvalue weighted by Gasteiger charge is -2.11. The zero-order valence-electron chi connectivity index (χ0n) is 31.0. The maximum absolute atomic E-state index is 9.58. The van der Waals surface area contributed by atoms with E-state index in [4.69, 9.17) is 23.5 Å². The van der Waals surface area contributed by atoms with Crippen molar-refractivity contribution in [3.05, 3.63) is 164 Å². The maximum atomic E-state index is 9.58. The van der Waals surface area contributed by atoms with Crippen LogP contribution >= 0.6 is 0 Å². The maximum Gasteiger partial charge on any atom is 0.164 e. The Morgan fingerprint density at radius 3 is 2.00 bits per heavy atom. The second kappa shape index (κ2) is 11.0. The van der Waals surface area contributed by atoms with E-state index in [1.807, 2.05) is 121 Å². The zero-order valence-corrected chi connectivity index (χ0v) is 26.0. The van der Waals surface area contributed by atoms with Gasteiger partial charge in [-0.15, -0.1) is 0 Å². The van der Waals surface area contributed by atoms with E-state index in [9.17, 15) is 2.74 Å². The van der Waals surface area contributed by atoms with Gasteiger partial charge in [0.1, 0.15) is 11.2 Å². The van der Waals surface area contributed by atoms with Crippen LogP contribution in [-0.4, -0.2) is 15.0 Å². The van der Waals surface area contributed by atoms with Crippen LogP contribution in [0.2, 0.25) is 0 Å². The van der Waals surface area contributed by atoms with Crippen molar-refractivity contribution in [1.82, 2.24) is 15.0 Å². The molecule has 0 aliphatic heterocycles. The molecule has 2 aromatic heterocycles. The van der Waals surface area contributed by atoms with Gasteiger partial charge in [-0.05, 0) is 73.7 Å². The monoisotopic (exact) mass is 630 g/mol. The fraction of sp³-hybridized carbons (Fsp3) is 0. The molecule has 0 N–H and O–H groups in total. The van der Waals surface area contributed by atoms with Crippen molar-refractivity contribution in [3.8, 4) is 45.3 Å². The smallest absolute Gasteiger partial charge is 0.164 e. The van der Waals surface area contributed by atoms with E-state index in [1.165, 1.54) is 6.07 Å². The van der Waals surface area contributed by atoms with Gasteiger partial charge in [0.2, 0.25) is 0 Å². The first-order valence-electron chi connectivity index (χ1n) is 18.5. The molecule has 0 radical (unpaired) electrons. The van der Waals surface area contributed by atoms with Crippen LogP contribution in [-0.2, 0) is 0 Å². The highest BCUT2D eigenvalue weighted by molar-refractivity contribution is 6.12. The predicted octanol–water partition coefficient (Wildman–Crippen LogP) is 11.9. The summed E-state index contributed by atoms with van der Waals surface area (Å²) in [5.41, 5.74) is 3.92. The van der Waals surface area contributed by atoms with Gasteiger partial charge in [0.15, 0.2) is 17.5 Å². The van der Waals surface area contributed by atoms with E-state index in [2.05, 4.69) is 6.07 Å². The van der Waals surface area contributed by atoms with Crippen molar-refractivity contribution in [2.45, 2.75) is 0 Å². The van der Waals surface area contributed by atoms with Crippen LogP contribution in [0.15, 0.2) is 168 Å². The summed E-state index contributed by atoms with van der Waals surface area (Å²) >= 11 is 0. The molecule has 0 aliphatic rings. The minimum atomic E-state index is -0.209. The third kappa shape index (κ3) is 4.65. The van der Waals surface area contributed by atoms with Crippen molar-refractivity contribution in [3.63, 3.8) is 0 Å². The molecule has 10 rings (SSSR count). The highest BCUT2D eigenvalue weighted by Crippen LogP contribution is 2.37. The Bertz CT molecular complexity index is 3180. The van der Waals surface area contributed by atoms with Crippen LogP contribution < -0.4 is 0 Å². The minimum absolute atomic E-state index is 0.0703. The lowest BCUT2D eigenvalue weighted by Crippen LogP contribution is -2.00. The molecule has 0 unspecified atom stereocenters. The molecule has 0 amide bonds. The van der Waals surface area contributed by atoms with E-state index in [-0.39, 0.29) is 57.9 Å². The lowest BCUT2D eigenvalue weighted by molar-refractivity contribution is 0.669. The molecule has 10 aromatic rings. The number of furan rings is 1. The molecule has 228 valence electrons. The van der Waals surface area contributed by atoms with Gasteiger partial charge in [0, 0.05) is 27.5 Å². The first-order chi connectivity index (χ1) is 26.4. The summed E-state index contributed by atoms with van der Waals surface area (Å²) in [5.74, 6) is 0.896. The van der Waals surface area contributed by atoms with Gasteiger partial charge in [0.25, 0.3) is 0 Å². The predicted molar refractivity (Wildman–Crippen MR) is 201 cm³/mol. The number of para-hydroxylation sites is 1. The van der Waals surface area contributed by atoms with Crippen LogP contribution in [0.4, 0.5) is 0 Å². The summed E-state index contributed by atoms with van der Waals surface area (Å²) in [7, 11) is 0. The third-order valence-corrected chi connectivity index (χ3v) is 9.02. The molecule has 0 spiro atoms. The molecule has 0 atom stereocenters. The molecular formula is C45H27N3O. The minimum Gasteiger partial charge on any atom is -0.456 e. The number of rotatable bonds is 4.